The van der Waals surface area contributed by atoms with Gasteiger partial charge < -0.3 is 14.2 Å². The van der Waals surface area contributed by atoms with Gasteiger partial charge in [-0.3, -0.25) is 0 Å². The van der Waals surface area contributed by atoms with Crippen LogP contribution in [0.25, 0.3) is 0 Å². The Balaban J connectivity index is 1.76. The number of benzene rings is 1. The third-order valence-corrected chi connectivity index (χ3v) is 3.38. The van der Waals surface area contributed by atoms with E-state index in [0.717, 1.165) is 23.4 Å². The van der Waals surface area contributed by atoms with Crippen LogP contribution >= 0.6 is 0 Å². The Morgan fingerprint density at radius 3 is 2.76 bits per heavy atom. The minimum Gasteiger partial charge on any atom is -0.424 e. The van der Waals surface area contributed by atoms with Crippen LogP contribution in [-0.4, -0.2) is 29.5 Å². The van der Waals surface area contributed by atoms with Crippen LogP contribution in [0.2, 0.25) is 0 Å². The monoisotopic (exact) mass is 286 g/mol. The molecule has 0 unspecified atom stereocenters. The maximum atomic E-state index is 5.72. The van der Waals surface area contributed by atoms with Crippen molar-refractivity contribution >= 4 is 0 Å². The smallest absolute Gasteiger partial charge is 0.322 e. The lowest BCUT2D eigenvalue weighted by Gasteiger charge is -2.13. The summed E-state index contributed by atoms with van der Waals surface area (Å²) in [5.74, 6) is 0.721. The second kappa shape index (κ2) is 6.20. The molecule has 2 aromatic rings. The van der Waals surface area contributed by atoms with Crippen LogP contribution in [0.3, 0.4) is 0 Å². The van der Waals surface area contributed by atoms with E-state index in [1.807, 2.05) is 31.2 Å². The fourth-order valence-electron chi connectivity index (χ4n) is 2.22. The molecule has 5 heteroatoms. The number of ether oxygens (including phenoxy) is 3. The lowest BCUT2D eigenvalue weighted by molar-refractivity contribution is -0.0401. The molecule has 1 aliphatic heterocycles. The minimum absolute atomic E-state index is 0.158. The van der Waals surface area contributed by atoms with E-state index >= 15 is 0 Å². The summed E-state index contributed by atoms with van der Waals surface area (Å²) in [5.41, 5.74) is 3.21. The van der Waals surface area contributed by atoms with Crippen LogP contribution in [0, 0.1) is 13.8 Å². The number of hydrogen-bond acceptors (Lipinski definition) is 5. The molecule has 2 heterocycles. The quantitative estimate of drug-likeness (QED) is 0.865. The first kappa shape index (κ1) is 14.0. The second-order valence-electron chi connectivity index (χ2n) is 5.05. The maximum absolute atomic E-state index is 5.72. The van der Waals surface area contributed by atoms with E-state index in [1.165, 1.54) is 5.56 Å². The van der Waals surface area contributed by atoms with E-state index in [9.17, 15) is 0 Å². The summed E-state index contributed by atoms with van der Waals surface area (Å²) in [6.07, 6.45) is 2.25. The highest BCUT2D eigenvalue weighted by atomic mass is 16.7. The van der Waals surface area contributed by atoms with Crippen LogP contribution in [0.4, 0.5) is 0 Å². The molecule has 0 N–H and O–H groups in total. The summed E-state index contributed by atoms with van der Waals surface area (Å²) >= 11 is 0. The highest BCUT2D eigenvalue weighted by molar-refractivity contribution is 5.36. The maximum Gasteiger partial charge on any atom is 0.322 e. The third kappa shape index (κ3) is 3.56. The van der Waals surface area contributed by atoms with Crippen LogP contribution < -0.4 is 4.74 Å². The van der Waals surface area contributed by atoms with Crippen molar-refractivity contribution in [2.45, 2.75) is 26.6 Å². The average molecular weight is 286 g/mol. The van der Waals surface area contributed by atoms with E-state index in [2.05, 4.69) is 16.9 Å². The molecule has 3 rings (SSSR count). The van der Waals surface area contributed by atoms with Gasteiger partial charge in [0.15, 0.2) is 6.29 Å². The highest BCUT2D eigenvalue weighted by Gasteiger charge is 2.17. The molecule has 1 aromatic heterocycles. The van der Waals surface area contributed by atoms with Gasteiger partial charge in [0.25, 0.3) is 0 Å². The van der Waals surface area contributed by atoms with Crippen molar-refractivity contribution in [1.29, 1.82) is 0 Å². The molecule has 110 valence electrons. The first-order valence-corrected chi connectivity index (χ1v) is 7.01. The summed E-state index contributed by atoms with van der Waals surface area (Å²) in [6, 6.07) is 8.13. The Labute approximate surface area is 123 Å². The Hall–Kier alpha value is -1.98. The van der Waals surface area contributed by atoms with Crippen molar-refractivity contribution in [2.24, 2.45) is 0 Å². The van der Waals surface area contributed by atoms with Crippen molar-refractivity contribution in [3.63, 3.8) is 0 Å². The van der Waals surface area contributed by atoms with Gasteiger partial charge in [0.1, 0.15) is 5.75 Å². The average Bonchev–Trinajstić information content (AvgIpc) is 2.96. The van der Waals surface area contributed by atoms with E-state index in [1.54, 1.807) is 6.20 Å². The van der Waals surface area contributed by atoms with Crippen LogP contribution in [-0.2, 0) is 15.9 Å². The molecular formula is C16H18N2O3. The van der Waals surface area contributed by atoms with Gasteiger partial charge in [-0.1, -0.05) is 6.07 Å². The van der Waals surface area contributed by atoms with Crippen LogP contribution in [0.5, 0.6) is 11.8 Å². The highest BCUT2D eigenvalue weighted by Crippen LogP contribution is 2.23. The predicted molar refractivity (Wildman–Crippen MR) is 77.4 cm³/mol. The number of aromatic nitrogens is 2. The number of aryl methyl sites for hydroxylation is 2. The molecule has 0 radical (unpaired) electrons. The molecule has 0 bridgehead atoms. The molecule has 1 saturated heterocycles. The standard InChI is InChI=1S/C16H18N2O3/c1-11-3-4-14(21-16-17-6-5-12(2)18-16)9-13(11)10-15-19-7-8-20-15/h3-6,9,15H,7-8,10H2,1-2H3. The zero-order chi connectivity index (χ0) is 14.7. The Bertz CT molecular complexity index is 625. The SMILES string of the molecule is Cc1ccnc(Oc2ccc(C)c(CC3OCCO3)c2)n1. The predicted octanol–water partition coefficient (Wildman–Crippen LogP) is 2.80. The Kier molecular flexibility index (Phi) is 4.13. The molecule has 0 spiro atoms. The lowest BCUT2D eigenvalue weighted by atomic mass is 10.1. The van der Waals surface area contributed by atoms with Crippen molar-refractivity contribution in [3.8, 4) is 11.8 Å². The second-order valence-corrected chi connectivity index (χ2v) is 5.05. The van der Waals surface area contributed by atoms with Gasteiger partial charge in [0.2, 0.25) is 0 Å². The van der Waals surface area contributed by atoms with Gasteiger partial charge in [-0.25, -0.2) is 9.97 Å². The number of rotatable bonds is 4. The Morgan fingerprint density at radius 1 is 1.19 bits per heavy atom. The van der Waals surface area contributed by atoms with E-state index in [0.29, 0.717) is 19.2 Å². The molecule has 1 fully saturated rings. The molecule has 1 aromatic carbocycles. The van der Waals surface area contributed by atoms with Crippen molar-refractivity contribution < 1.29 is 14.2 Å². The molecule has 0 saturated carbocycles. The van der Waals surface area contributed by atoms with E-state index in [4.69, 9.17) is 14.2 Å². The van der Waals surface area contributed by atoms with Gasteiger partial charge in [0, 0.05) is 18.3 Å². The summed E-state index contributed by atoms with van der Waals surface area (Å²) in [6.45, 7) is 5.30. The summed E-state index contributed by atoms with van der Waals surface area (Å²) in [7, 11) is 0. The zero-order valence-electron chi connectivity index (χ0n) is 12.2. The van der Waals surface area contributed by atoms with Crippen molar-refractivity contribution in [3.05, 3.63) is 47.3 Å². The van der Waals surface area contributed by atoms with Gasteiger partial charge in [-0.2, -0.15) is 0 Å². The zero-order valence-corrected chi connectivity index (χ0v) is 12.2. The molecular weight excluding hydrogens is 268 g/mol. The summed E-state index contributed by atoms with van der Waals surface area (Å²) in [4.78, 5) is 8.35. The van der Waals surface area contributed by atoms with Crippen LogP contribution in [0.1, 0.15) is 16.8 Å². The van der Waals surface area contributed by atoms with E-state index < -0.39 is 0 Å². The van der Waals surface area contributed by atoms with Gasteiger partial charge >= 0.3 is 6.01 Å². The van der Waals surface area contributed by atoms with Crippen molar-refractivity contribution in [1.82, 2.24) is 9.97 Å². The van der Waals surface area contributed by atoms with Gasteiger partial charge in [-0.15, -0.1) is 0 Å². The van der Waals surface area contributed by atoms with Crippen molar-refractivity contribution in [2.75, 3.05) is 13.2 Å². The number of nitrogens with zero attached hydrogens (tertiary/aromatic N) is 2. The Morgan fingerprint density at radius 2 is 2.00 bits per heavy atom. The van der Waals surface area contributed by atoms with Crippen LogP contribution in [0.15, 0.2) is 30.5 Å². The fraction of sp³-hybridized carbons (Fsp3) is 0.375. The lowest BCUT2D eigenvalue weighted by Crippen LogP contribution is -2.12. The molecule has 0 atom stereocenters. The fourth-order valence-corrected chi connectivity index (χ4v) is 2.22. The minimum atomic E-state index is -0.158. The summed E-state index contributed by atoms with van der Waals surface area (Å²) < 4.78 is 16.7. The number of hydrogen-bond donors (Lipinski definition) is 0. The molecule has 21 heavy (non-hydrogen) atoms. The molecule has 1 aliphatic rings. The normalized spacial score (nSPS) is 15.3. The molecule has 0 aliphatic carbocycles. The van der Waals surface area contributed by atoms with Gasteiger partial charge in [-0.05, 0) is 43.2 Å². The third-order valence-electron chi connectivity index (χ3n) is 3.38. The molecule has 5 nitrogen and oxygen atoms in total. The first-order chi connectivity index (χ1) is 10.2. The largest absolute Gasteiger partial charge is 0.424 e. The molecule has 0 amide bonds. The summed E-state index contributed by atoms with van der Waals surface area (Å²) in [5, 5.41) is 0. The first-order valence-electron chi connectivity index (χ1n) is 7.01. The topological polar surface area (TPSA) is 53.5 Å². The van der Waals surface area contributed by atoms with Gasteiger partial charge in [0.05, 0.1) is 13.2 Å². The van der Waals surface area contributed by atoms with E-state index in [-0.39, 0.29) is 6.29 Å².